The van der Waals surface area contributed by atoms with Crippen molar-refractivity contribution < 1.29 is 28.9 Å². The SMILES string of the molecule is C=CC(=O)OC.CCCCOC(=O)C(CC)=C(CO)OC. The van der Waals surface area contributed by atoms with Gasteiger partial charge in [-0.05, 0) is 12.8 Å². The molecule has 0 saturated heterocycles. The second-order valence-electron chi connectivity index (χ2n) is 3.83. The van der Waals surface area contributed by atoms with E-state index in [0.29, 0.717) is 24.4 Å². The minimum Gasteiger partial charge on any atom is -0.498 e. The Morgan fingerprint density at radius 2 is 1.81 bits per heavy atom. The van der Waals surface area contributed by atoms with E-state index in [4.69, 9.17) is 14.6 Å². The molecule has 0 atom stereocenters. The molecule has 0 bridgehead atoms. The molecule has 0 aromatic heterocycles. The van der Waals surface area contributed by atoms with E-state index in [2.05, 4.69) is 11.3 Å². The molecule has 122 valence electrons. The Kier molecular flexibility index (Phi) is 14.9. The lowest BCUT2D eigenvalue weighted by atomic mass is 10.2. The number of carbonyl (C=O) groups is 2. The molecule has 0 aliphatic heterocycles. The van der Waals surface area contributed by atoms with E-state index in [1.54, 1.807) is 0 Å². The highest BCUT2D eigenvalue weighted by Crippen LogP contribution is 2.11. The summed E-state index contributed by atoms with van der Waals surface area (Å²) in [6, 6.07) is 0. The first-order chi connectivity index (χ1) is 10.0. The normalized spacial score (nSPS) is 10.5. The number of aliphatic hydroxyl groups excluding tert-OH is 1. The number of rotatable bonds is 8. The number of aliphatic hydroxyl groups is 1. The average molecular weight is 302 g/mol. The lowest BCUT2D eigenvalue weighted by Gasteiger charge is -2.10. The Hall–Kier alpha value is -1.82. The molecular formula is C15H26O6. The molecule has 0 unspecified atom stereocenters. The molecule has 0 aromatic rings. The smallest absolute Gasteiger partial charge is 0.337 e. The molecule has 0 aliphatic rings. The van der Waals surface area contributed by atoms with Crippen molar-refractivity contribution in [2.45, 2.75) is 33.1 Å². The maximum Gasteiger partial charge on any atom is 0.337 e. The van der Waals surface area contributed by atoms with Crippen LogP contribution in [0.1, 0.15) is 33.1 Å². The number of methoxy groups -OCH3 is 2. The Balaban J connectivity index is 0. The zero-order valence-corrected chi connectivity index (χ0v) is 13.3. The quantitative estimate of drug-likeness (QED) is 0.319. The number of unbranched alkanes of at least 4 members (excludes halogenated alkanes) is 1. The summed E-state index contributed by atoms with van der Waals surface area (Å²) in [5.41, 5.74) is 0.413. The number of esters is 2. The fourth-order valence-corrected chi connectivity index (χ4v) is 1.22. The van der Waals surface area contributed by atoms with Crippen LogP contribution in [0.15, 0.2) is 24.0 Å². The summed E-state index contributed by atoms with van der Waals surface area (Å²) in [5.74, 6) is -0.495. The Morgan fingerprint density at radius 1 is 1.19 bits per heavy atom. The maximum atomic E-state index is 11.5. The zero-order chi connectivity index (χ0) is 16.7. The molecular weight excluding hydrogens is 276 g/mol. The second kappa shape index (κ2) is 14.6. The molecule has 0 aliphatic carbocycles. The monoisotopic (exact) mass is 302 g/mol. The number of ether oxygens (including phenoxy) is 3. The average Bonchev–Trinajstić information content (AvgIpc) is 2.52. The minimum absolute atomic E-state index is 0.275. The van der Waals surface area contributed by atoms with Gasteiger partial charge in [0.25, 0.3) is 0 Å². The number of carbonyl (C=O) groups excluding carboxylic acids is 2. The van der Waals surface area contributed by atoms with Gasteiger partial charge in [-0.25, -0.2) is 9.59 Å². The van der Waals surface area contributed by atoms with Crippen LogP contribution < -0.4 is 0 Å². The molecule has 0 heterocycles. The molecule has 0 spiro atoms. The summed E-state index contributed by atoms with van der Waals surface area (Å²) in [7, 11) is 2.74. The van der Waals surface area contributed by atoms with Crippen LogP contribution in [0.25, 0.3) is 0 Å². The van der Waals surface area contributed by atoms with E-state index in [1.807, 2.05) is 13.8 Å². The van der Waals surface area contributed by atoms with Crippen molar-refractivity contribution in [2.75, 3.05) is 27.4 Å². The summed E-state index contributed by atoms with van der Waals surface area (Å²) in [6.07, 6.45) is 3.44. The standard InChI is InChI=1S/C11H20O4.C4H6O2/c1-4-6-7-15-11(13)9(5-2)10(8-12)14-3;1-3-4(5)6-2/h12H,4-8H2,1-3H3;3H,1H2,2H3. The molecule has 1 N–H and O–H groups in total. The predicted octanol–water partition coefficient (Wildman–Crippen LogP) is 1.98. The maximum absolute atomic E-state index is 11.5. The van der Waals surface area contributed by atoms with E-state index in [9.17, 15) is 9.59 Å². The summed E-state index contributed by atoms with van der Waals surface area (Å²) in [5, 5.41) is 8.96. The molecule has 6 heteroatoms. The van der Waals surface area contributed by atoms with Crippen molar-refractivity contribution >= 4 is 11.9 Å². The summed E-state index contributed by atoms with van der Waals surface area (Å²) >= 11 is 0. The van der Waals surface area contributed by atoms with Crippen molar-refractivity contribution in [1.82, 2.24) is 0 Å². The van der Waals surface area contributed by atoms with Crippen LogP contribution in [-0.4, -0.2) is 44.5 Å². The highest BCUT2D eigenvalue weighted by atomic mass is 16.5. The fraction of sp³-hybridized carbons (Fsp3) is 0.600. The van der Waals surface area contributed by atoms with Crippen LogP contribution >= 0.6 is 0 Å². The largest absolute Gasteiger partial charge is 0.498 e. The van der Waals surface area contributed by atoms with Gasteiger partial charge in [0.15, 0.2) is 0 Å². The molecule has 0 amide bonds. The van der Waals surface area contributed by atoms with Gasteiger partial charge >= 0.3 is 11.9 Å². The molecule has 0 aromatic carbocycles. The van der Waals surface area contributed by atoms with Gasteiger partial charge in [-0.15, -0.1) is 0 Å². The molecule has 0 fully saturated rings. The Bertz CT molecular complexity index is 340. The van der Waals surface area contributed by atoms with E-state index < -0.39 is 11.9 Å². The van der Waals surface area contributed by atoms with Crippen molar-refractivity contribution in [1.29, 1.82) is 0 Å². The molecule has 0 saturated carbocycles. The van der Waals surface area contributed by atoms with Gasteiger partial charge in [0.05, 0.1) is 26.4 Å². The van der Waals surface area contributed by atoms with Crippen LogP contribution in [0, 0.1) is 0 Å². The molecule has 6 nitrogen and oxygen atoms in total. The van der Waals surface area contributed by atoms with Gasteiger partial charge < -0.3 is 19.3 Å². The van der Waals surface area contributed by atoms with Crippen LogP contribution in [0.5, 0.6) is 0 Å². The summed E-state index contributed by atoms with van der Waals surface area (Å²) in [4.78, 5) is 21.4. The molecule has 0 rings (SSSR count). The first-order valence-electron chi connectivity index (χ1n) is 6.76. The molecule has 21 heavy (non-hydrogen) atoms. The van der Waals surface area contributed by atoms with E-state index in [0.717, 1.165) is 18.9 Å². The zero-order valence-electron chi connectivity index (χ0n) is 13.3. The van der Waals surface area contributed by atoms with Crippen LogP contribution in [-0.2, 0) is 23.8 Å². The topological polar surface area (TPSA) is 82.1 Å². The number of hydrogen-bond acceptors (Lipinski definition) is 6. The van der Waals surface area contributed by atoms with Crippen molar-refractivity contribution in [3.63, 3.8) is 0 Å². The first kappa shape index (κ1) is 21.5. The van der Waals surface area contributed by atoms with E-state index >= 15 is 0 Å². The van der Waals surface area contributed by atoms with Gasteiger partial charge in [0, 0.05) is 6.08 Å². The number of hydrogen-bond donors (Lipinski definition) is 1. The lowest BCUT2D eigenvalue weighted by molar-refractivity contribution is -0.139. The summed E-state index contributed by atoms with van der Waals surface area (Å²) < 4.78 is 14.1. The van der Waals surface area contributed by atoms with E-state index in [-0.39, 0.29) is 6.61 Å². The van der Waals surface area contributed by atoms with Crippen molar-refractivity contribution in [3.05, 3.63) is 24.0 Å². The molecule has 0 radical (unpaired) electrons. The highest BCUT2D eigenvalue weighted by Gasteiger charge is 2.15. The Morgan fingerprint density at radius 3 is 2.10 bits per heavy atom. The van der Waals surface area contributed by atoms with Crippen LogP contribution in [0.2, 0.25) is 0 Å². The van der Waals surface area contributed by atoms with Crippen LogP contribution in [0.4, 0.5) is 0 Å². The summed E-state index contributed by atoms with van der Waals surface area (Å²) in [6.45, 7) is 7.15. The van der Waals surface area contributed by atoms with Crippen molar-refractivity contribution in [3.8, 4) is 0 Å². The third-order valence-electron chi connectivity index (χ3n) is 2.43. The van der Waals surface area contributed by atoms with Gasteiger partial charge in [-0.3, -0.25) is 0 Å². The lowest BCUT2D eigenvalue weighted by Crippen LogP contribution is -2.13. The predicted molar refractivity (Wildman–Crippen MR) is 79.5 cm³/mol. The minimum atomic E-state index is -0.394. The third kappa shape index (κ3) is 10.6. The van der Waals surface area contributed by atoms with Gasteiger partial charge in [-0.1, -0.05) is 26.8 Å². The fourth-order valence-electron chi connectivity index (χ4n) is 1.22. The van der Waals surface area contributed by atoms with E-state index in [1.165, 1.54) is 14.2 Å². The Labute approximate surface area is 126 Å². The van der Waals surface area contributed by atoms with Crippen LogP contribution in [0.3, 0.4) is 0 Å². The van der Waals surface area contributed by atoms with Gasteiger partial charge in [0.2, 0.25) is 0 Å². The van der Waals surface area contributed by atoms with Gasteiger partial charge in [-0.2, -0.15) is 0 Å². The second-order valence-corrected chi connectivity index (χ2v) is 3.83. The first-order valence-corrected chi connectivity index (χ1v) is 6.76. The van der Waals surface area contributed by atoms with Gasteiger partial charge in [0.1, 0.15) is 12.4 Å². The highest BCUT2D eigenvalue weighted by molar-refractivity contribution is 5.88. The van der Waals surface area contributed by atoms with Crippen molar-refractivity contribution in [2.24, 2.45) is 0 Å². The third-order valence-corrected chi connectivity index (χ3v) is 2.43.